The van der Waals surface area contributed by atoms with Crippen molar-refractivity contribution in [1.29, 1.82) is 0 Å². The van der Waals surface area contributed by atoms with Crippen molar-refractivity contribution in [3.63, 3.8) is 0 Å². The second kappa shape index (κ2) is 3.01. The zero-order valence-electron chi connectivity index (χ0n) is 5.90. The third kappa shape index (κ3) is 1.93. The van der Waals surface area contributed by atoms with Crippen LogP contribution < -0.4 is 5.11 Å². The number of rotatable bonds is 2. The molecule has 0 radical (unpaired) electrons. The Morgan fingerprint density at radius 3 is 3.00 bits per heavy atom. The Labute approximate surface area is 63.2 Å². The van der Waals surface area contributed by atoms with E-state index in [4.69, 9.17) is 0 Å². The average molecular weight is 152 g/mol. The van der Waals surface area contributed by atoms with Crippen molar-refractivity contribution in [3.8, 4) is 0 Å². The number of carbonyl (C=O) groups excluding carboxylic acids is 1. The predicted molar refractivity (Wildman–Crippen MR) is 35.2 cm³/mol. The van der Waals surface area contributed by atoms with E-state index in [9.17, 15) is 9.90 Å². The van der Waals surface area contributed by atoms with Crippen LogP contribution in [0.15, 0.2) is 22.6 Å². The van der Waals surface area contributed by atoms with Crippen LogP contribution in [0.5, 0.6) is 0 Å². The molecular weight excluding hydrogens is 146 g/mol. The minimum Gasteiger partial charge on any atom is -0.545 e. The van der Waals surface area contributed by atoms with Gasteiger partial charge in [-0.25, -0.2) is 4.98 Å². The van der Waals surface area contributed by atoms with Gasteiger partial charge in [0, 0.05) is 0 Å². The maximum absolute atomic E-state index is 10.2. The zero-order valence-corrected chi connectivity index (χ0v) is 5.90. The van der Waals surface area contributed by atoms with Gasteiger partial charge < -0.3 is 14.3 Å². The molecule has 0 aliphatic rings. The fourth-order valence-corrected chi connectivity index (χ4v) is 0.574. The van der Waals surface area contributed by atoms with E-state index < -0.39 is 5.97 Å². The van der Waals surface area contributed by atoms with Crippen molar-refractivity contribution in [2.45, 2.75) is 6.92 Å². The Hall–Kier alpha value is -1.58. The van der Waals surface area contributed by atoms with Crippen molar-refractivity contribution < 1.29 is 14.3 Å². The molecule has 0 aliphatic heterocycles. The van der Waals surface area contributed by atoms with Gasteiger partial charge in [0.25, 0.3) is 0 Å². The van der Waals surface area contributed by atoms with E-state index in [1.807, 2.05) is 0 Å². The third-order valence-electron chi connectivity index (χ3n) is 1.14. The molecule has 1 rings (SSSR count). The van der Waals surface area contributed by atoms with E-state index in [-0.39, 0.29) is 5.57 Å². The van der Waals surface area contributed by atoms with Crippen molar-refractivity contribution in [2.75, 3.05) is 0 Å². The summed E-state index contributed by atoms with van der Waals surface area (Å²) < 4.78 is 4.63. The molecule has 1 aromatic rings. The van der Waals surface area contributed by atoms with Crippen molar-refractivity contribution in [3.05, 3.63) is 23.9 Å². The highest BCUT2D eigenvalue weighted by Gasteiger charge is 1.92. The molecule has 4 nitrogen and oxygen atoms in total. The van der Waals surface area contributed by atoms with Crippen LogP contribution in [-0.4, -0.2) is 11.0 Å². The van der Waals surface area contributed by atoms with E-state index in [2.05, 4.69) is 9.40 Å². The highest BCUT2D eigenvalue weighted by atomic mass is 16.4. The summed E-state index contributed by atoms with van der Waals surface area (Å²) in [5.74, 6) is -1.20. The Morgan fingerprint density at radius 2 is 2.55 bits per heavy atom. The van der Waals surface area contributed by atoms with Crippen LogP contribution in [0.2, 0.25) is 0 Å². The maximum atomic E-state index is 10.2. The summed E-state index contributed by atoms with van der Waals surface area (Å²) in [7, 11) is 0. The molecule has 0 unspecified atom stereocenters. The van der Waals surface area contributed by atoms with Crippen LogP contribution in [0.1, 0.15) is 12.6 Å². The van der Waals surface area contributed by atoms with Gasteiger partial charge in [-0.15, -0.1) is 0 Å². The molecule has 4 heteroatoms. The average Bonchev–Trinajstić information content (AvgIpc) is 2.39. The lowest BCUT2D eigenvalue weighted by Crippen LogP contribution is -2.22. The van der Waals surface area contributed by atoms with Crippen LogP contribution in [0.25, 0.3) is 6.08 Å². The first-order valence-electron chi connectivity index (χ1n) is 2.98. The van der Waals surface area contributed by atoms with E-state index in [1.54, 1.807) is 0 Å². The molecule has 58 valence electrons. The first-order chi connectivity index (χ1) is 5.20. The maximum Gasteiger partial charge on any atom is 0.181 e. The number of hydrogen-bond donors (Lipinski definition) is 0. The first kappa shape index (κ1) is 7.53. The number of carboxylic acid groups (broad SMARTS) is 1. The van der Waals surface area contributed by atoms with E-state index in [0.717, 1.165) is 0 Å². The van der Waals surface area contributed by atoms with Gasteiger partial charge in [-0.3, -0.25) is 0 Å². The first-order valence-corrected chi connectivity index (χ1v) is 2.98. The molecule has 1 aromatic heterocycles. The fraction of sp³-hybridized carbons (Fsp3) is 0.143. The van der Waals surface area contributed by atoms with Gasteiger partial charge in [-0.1, -0.05) is 0 Å². The van der Waals surface area contributed by atoms with Crippen LogP contribution >= 0.6 is 0 Å². The highest BCUT2D eigenvalue weighted by Crippen LogP contribution is 2.01. The van der Waals surface area contributed by atoms with Gasteiger partial charge in [-0.05, 0) is 18.6 Å². The second-order valence-corrected chi connectivity index (χ2v) is 2.03. The number of oxazole rings is 1. The molecule has 0 amide bonds. The van der Waals surface area contributed by atoms with E-state index >= 15 is 0 Å². The van der Waals surface area contributed by atoms with Crippen LogP contribution in [0, 0.1) is 0 Å². The lowest BCUT2D eigenvalue weighted by atomic mass is 10.2. The summed E-state index contributed by atoms with van der Waals surface area (Å²) in [5, 5.41) is 10.2. The minimum absolute atomic E-state index is 0.124. The normalized spacial score (nSPS) is 11.5. The SMILES string of the molecule is C/C(=C\c1cocn1)C(=O)[O-]. The quantitative estimate of drug-likeness (QED) is 0.551. The summed E-state index contributed by atoms with van der Waals surface area (Å²) in [5.41, 5.74) is 0.602. The predicted octanol–water partition coefficient (Wildman–Crippen LogP) is -0.172. The van der Waals surface area contributed by atoms with Gasteiger partial charge >= 0.3 is 0 Å². The molecule has 0 saturated carbocycles. The fourth-order valence-electron chi connectivity index (χ4n) is 0.574. The number of nitrogens with zero attached hydrogens (tertiary/aromatic N) is 1. The van der Waals surface area contributed by atoms with Gasteiger partial charge in [0.15, 0.2) is 6.39 Å². The Kier molecular flexibility index (Phi) is 2.06. The molecule has 0 aromatic carbocycles. The smallest absolute Gasteiger partial charge is 0.181 e. The van der Waals surface area contributed by atoms with Crippen molar-refractivity contribution >= 4 is 12.0 Å². The number of carboxylic acids is 1. The molecule has 0 spiro atoms. The molecule has 0 fully saturated rings. The highest BCUT2D eigenvalue weighted by molar-refractivity contribution is 5.89. The topological polar surface area (TPSA) is 66.2 Å². The molecule has 0 aliphatic carbocycles. The largest absolute Gasteiger partial charge is 0.545 e. The van der Waals surface area contributed by atoms with Gasteiger partial charge in [0.1, 0.15) is 12.0 Å². The third-order valence-corrected chi connectivity index (χ3v) is 1.14. The number of carbonyl (C=O) groups is 1. The van der Waals surface area contributed by atoms with Crippen LogP contribution in [-0.2, 0) is 4.79 Å². The monoisotopic (exact) mass is 152 g/mol. The summed E-state index contributed by atoms with van der Waals surface area (Å²) in [4.78, 5) is 13.9. The number of hydrogen-bond acceptors (Lipinski definition) is 4. The summed E-state index contributed by atoms with van der Waals surface area (Å²) in [6.45, 7) is 1.43. The van der Waals surface area contributed by atoms with E-state index in [1.165, 1.54) is 25.7 Å². The molecule has 0 atom stereocenters. The van der Waals surface area contributed by atoms with Gasteiger partial charge in [0.05, 0.1) is 5.97 Å². The molecule has 0 N–H and O–H groups in total. The Bertz CT molecular complexity index is 274. The zero-order chi connectivity index (χ0) is 8.27. The van der Waals surface area contributed by atoms with E-state index in [0.29, 0.717) is 5.69 Å². The Balaban J connectivity index is 2.82. The molecule has 1 heterocycles. The van der Waals surface area contributed by atoms with Gasteiger partial charge in [0.2, 0.25) is 0 Å². The van der Waals surface area contributed by atoms with Crippen molar-refractivity contribution in [2.24, 2.45) is 0 Å². The lowest BCUT2D eigenvalue weighted by molar-refractivity contribution is -0.299. The summed E-state index contributed by atoms with van der Waals surface area (Å²) >= 11 is 0. The lowest BCUT2D eigenvalue weighted by Gasteiger charge is -1.98. The molecular formula is C7H6NO3-. The second-order valence-electron chi connectivity index (χ2n) is 2.03. The molecule has 0 saturated heterocycles. The standard InChI is InChI=1S/C7H7NO3/c1-5(7(9)10)2-6-3-11-4-8-6/h2-4H,1H3,(H,9,10)/p-1/b5-2+. The van der Waals surface area contributed by atoms with Crippen molar-refractivity contribution in [1.82, 2.24) is 4.98 Å². The number of aliphatic carboxylic acids is 1. The van der Waals surface area contributed by atoms with Gasteiger partial charge in [-0.2, -0.15) is 0 Å². The van der Waals surface area contributed by atoms with Crippen LogP contribution in [0.4, 0.5) is 0 Å². The molecule has 0 bridgehead atoms. The molecule has 11 heavy (non-hydrogen) atoms. The Morgan fingerprint density at radius 1 is 1.82 bits per heavy atom. The minimum atomic E-state index is -1.20. The summed E-state index contributed by atoms with van der Waals surface area (Å²) in [6, 6.07) is 0. The number of aromatic nitrogens is 1. The summed E-state index contributed by atoms with van der Waals surface area (Å²) in [6.07, 6.45) is 3.96. The van der Waals surface area contributed by atoms with Crippen LogP contribution in [0.3, 0.4) is 0 Å².